The Morgan fingerprint density at radius 1 is 1.08 bits per heavy atom. The topological polar surface area (TPSA) is 71.4 Å². The van der Waals surface area contributed by atoms with E-state index in [9.17, 15) is 18.8 Å². The largest absolute Gasteiger partial charge is 0.342 e. The molecule has 0 radical (unpaired) electrons. The molecule has 0 atom stereocenters. The van der Waals surface area contributed by atoms with Crippen LogP contribution in [0, 0.1) is 5.82 Å². The summed E-state index contributed by atoms with van der Waals surface area (Å²) in [5, 5.41) is 3.44. The van der Waals surface area contributed by atoms with E-state index in [0.29, 0.717) is 17.3 Å². The maximum atomic E-state index is 13.5. The van der Waals surface area contributed by atoms with Crippen molar-refractivity contribution in [3.05, 3.63) is 105 Å². The molecule has 5 rings (SSSR count). The molecule has 1 saturated heterocycles. The minimum Gasteiger partial charge on any atom is -0.342 e. The van der Waals surface area contributed by atoms with Crippen LogP contribution in [-0.4, -0.2) is 33.1 Å². The van der Waals surface area contributed by atoms with Crippen LogP contribution in [0.3, 0.4) is 0 Å². The molecule has 1 N–H and O–H groups in total. The molecule has 38 heavy (non-hydrogen) atoms. The summed E-state index contributed by atoms with van der Waals surface area (Å²) in [6.07, 6.45) is 4.42. The van der Waals surface area contributed by atoms with Crippen molar-refractivity contribution in [2.45, 2.75) is 19.9 Å². The molecule has 3 aromatic carbocycles. The van der Waals surface area contributed by atoms with Gasteiger partial charge in [-0.2, -0.15) is 0 Å². The molecular weight excluding hydrogens is 525 g/mol. The van der Waals surface area contributed by atoms with Gasteiger partial charge in [-0.3, -0.25) is 19.3 Å². The standard InChI is InChI=1S/C29H23ClFN3O3S/c1-2-18-7-11-22(12-8-18)32-27(35)17-34-28(36)26(38-29(34)37)13-20-16-33(25-6-4-3-5-23(20)25)15-19-9-10-21(31)14-24(19)30/h3-14,16H,2,15,17H2,1H3,(H,32,35)/b26-13-. The maximum absolute atomic E-state index is 13.5. The van der Waals surface area contributed by atoms with Gasteiger partial charge in [0.2, 0.25) is 5.91 Å². The zero-order valence-corrected chi connectivity index (χ0v) is 22.0. The third kappa shape index (κ3) is 5.37. The number of para-hydroxylation sites is 1. The Balaban J connectivity index is 1.36. The van der Waals surface area contributed by atoms with Gasteiger partial charge in [-0.25, -0.2) is 4.39 Å². The van der Waals surface area contributed by atoms with E-state index in [1.54, 1.807) is 24.3 Å². The Bertz CT molecular complexity index is 1600. The van der Waals surface area contributed by atoms with Crippen molar-refractivity contribution in [3.63, 3.8) is 0 Å². The number of hydrogen-bond acceptors (Lipinski definition) is 4. The van der Waals surface area contributed by atoms with Gasteiger partial charge >= 0.3 is 0 Å². The van der Waals surface area contributed by atoms with Crippen molar-refractivity contribution in [3.8, 4) is 0 Å². The second-order valence-electron chi connectivity index (χ2n) is 8.83. The number of amides is 3. The Morgan fingerprint density at radius 3 is 2.58 bits per heavy atom. The van der Waals surface area contributed by atoms with Crippen LogP contribution in [0.15, 0.2) is 77.8 Å². The zero-order valence-electron chi connectivity index (χ0n) is 20.4. The van der Waals surface area contributed by atoms with Crippen molar-refractivity contribution in [1.82, 2.24) is 9.47 Å². The lowest BCUT2D eigenvalue weighted by molar-refractivity contribution is -0.127. The number of carbonyl (C=O) groups excluding carboxylic acids is 3. The summed E-state index contributed by atoms with van der Waals surface area (Å²) in [5.41, 5.74) is 4.12. The molecule has 0 spiro atoms. The van der Waals surface area contributed by atoms with Gasteiger partial charge in [-0.05, 0) is 65.7 Å². The number of carbonyl (C=O) groups is 3. The predicted octanol–water partition coefficient (Wildman–Crippen LogP) is 6.72. The second-order valence-corrected chi connectivity index (χ2v) is 10.2. The number of hydrogen-bond donors (Lipinski definition) is 1. The summed E-state index contributed by atoms with van der Waals surface area (Å²) in [4.78, 5) is 39.4. The normalized spacial score (nSPS) is 14.6. The summed E-state index contributed by atoms with van der Waals surface area (Å²) >= 11 is 7.05. The number of rotatable bonds is 7. The van der Waals surface area contributed by atoms with Gasteiger partial charge < -0.3 is 9.88 Å². The SMILES string of the molecule is CCc1ccc(NC(=O)CN2C(=O)S/C(=C\c3cn(Cc4ccc(F)cc4Cl)c4ccccc34)C2=O)cc1. The third-order valence-electron chi connectivity index (χ3n) is 6.28. The number of imide groups is 1. The van der Waals surface area contributed by atoms with Gasteiger partial charge in [0.05, 0.1) is 4.91 Å². The van der Waals surface area contributed by atoms with Crippen molar-refractivity contribution in [2.24, 2.45) is 0 Å². The van der Waals surface area contributed by atoms with Gasteiger partial charge in [0, 0.05) is 39.9 Å². The minimum absolute atomic E-state index is 0.234. The second kappa shape index (κ2) is 10.8. The number of thioether (sulfide) groups is 1. The maximum Gasteiger partial charge on any atom is 0.294 e. The number of aromatic nitrogens is 1. The lowest BCUT2D eigenvalue weighted by Crippen LogP contribution is -2.36. The fourth-order valence-corrected chi connectivity index (χ4v) is 5.36. The molecule has 0 unspecified atom stereocenters. The smallest absolute Gasteiger partial charge is 0.294 e. The Hall–Kier alpha value is -3.88. The quantitative estimate of drug-likeness (QED) is 0.261. The zero-order chi connectivity index (χ0) is 26.8. The van der Waals surface area contributed by atoms with Gasteiger partial charge in [0.1, 0.15) is 12.4 Å². The molecule has 4 aromatic rings. The summed E-state index contributed by atoms with van der Waals surface area (Å²) in [5.74, 6) is -1.38. The van der Waals surface area contributed by atoms with Crippen LogP contribution in [-0.2, 0) is 22.6 Å². The predicted molar refractivity (Wildman–Crippen MR) is 150 cm³/mol. The highest BCUT2D eigenvalue weighted by atomic mass is 35.5. The molecule has 192 valence electrons. The molecule has 1 aliphatic heterocycles. The van der Waals surface area contributed by atoms with Gasteiger partial charge in [-0.15, -0.1) is 0 Å². The monoisotopic (exact) mass is 547 g/mol. The van der Waals surface area contributed by atoms with Crippen LogP contribution in [0.2, 0.25) is 5.02 Å². The Labute approximate surface area is 228 Å². The van der Waals surface area contributed by atoms with Crippen molar-refractivity contribution < 1.29 is 18.8 Å². The van der Waals surface area contributed by atoms with Crippen LogP contribution in [0.5, 0.6) is 0 Å². The number of fused-ring (bicyclic) bond motifs is 1. The molecule has 0 saturated carbocycles. The average Bonchev–Trinajstić information content (AvgIpc) is 3.38. The Morgan fingerprint density at radius 2 is 1.84 bits per heavy atom. The highest BCUT2D eigenvalue weighted by molar-refractivity contribution is 8.18. The first-order valence-electron chi connectivity index (χ1n) is 12.0. The fraction of sp³-hybridized carbons (Fsp3) is 0.138. The molecule has 1 aliphatic rings. The number of halogens is 2. The average molecular weight is 548 g/mol. The van der Waals surface area contributed by atoms with E-state index < -0.39 is 22.9 Å². The van der Waals surface area contributed by atoms with E-state index >= 15 is 0 Å². The molecule has 1 aromatic heterocycles. The van der Waals surface area contributed by atoms with Crippen LogP contribution >= 0.6 is 23.4 Å². The summed E-state index contributed by atoms with van der Waals surface area (Å²) in [6.45, 7) is 2.07. The molecule has 2 heterocycles. The lowest BCUT2D eigenvalue weighted by Gasteiger charge is -2.12. The minimum atomic E-state index is -0.519. The van der Waals surface area contributed by atoms with Gasteiger partial charge in [0.15, 0.2) is 0 Å². The number of nitrogens with zero attached hydrogens (tertiary/aromatic N) is 2. The first-order chi connectivity index (χ1) is 18.3. The lowest BCUT2D eigenvalue weighted by atomic mass is 10.1. The van der Waals surface area contributed by atoms with Gasteiger partial charge in [0.25, 0.3) is 11.1 Å². The summed E-state index contributed by atoms with van der Waals surface area (Å²) in [6, 6.07) is 19.3. The molecule has 0 bridgehead atoms. The first-order valence-corrected chi connectivity index (χ1v) is 13.2. The van der Waals surface area contributed by atoms with Crippen LogP contribution in [0.4, 0.5) is 14.9 Å². The van der Waals surface area contributed by atoms with E-state index in [4.69, 9.17) is 11.6 Å². The summed E-state index contributed by atoms with van der Waals surface area (Å²) in [7, 11) is 0. The van der Waals surface area contributed by atoms with Crippen LogP contribution < -0.4 is 5.32 Å². The Kier molecular flexibility index (Phi) is 7.35. The molecule has 9 heteroatoms. The first kappa shape index (κ1) is 25.8. The van der Waals surface area contributed by atoms with Crippen molar-refractivity contribution >= 4 is 63.1 Å². The highest BCUT2D eigenvalue weighted by Gasteiger charge is 2.36. The van der Waals surface area contributed by atoms with E-state index in [1.165, 1.54) is 12.1 Å². The molecule has 1 fully saturated rings. The third-order valence-corrected chi connectivity index (χ3v) is 7.54. The number of aryl methyl sites for hydroxylation is 1. The van der Waals surface area contributed by atoms with E-state index in [1.807, 2.05) is 54.1 Å². The molecular formula is C29H23ClFN3O3S. The number of anilines is 1. The van der Waals surface area contributed by atoms with Crippen molar-refractivity contribution in [1.29, 1.82) is 0 Å². The highest BCUT2D eigenvalue weighted by Crippen LogP contribution is 2.34. The molecule has 6 nitrogen and oxygen atoms in total. The molecule has 3 amide bonds. The number of benzene rings is 3. The van der Waals surface area contributed by atoms with Gasteiger partial charge in [-0.1, -0.05) is 54.9 Å². The van der Waals surface area contributed by atoms with Crippen molar-refractivity contribution in [2.75, 3.05) is 11.9 Å². The molecule has 0 aliphatic carbocycles. The fourth-order valence-electron chi connectivity index (χ4n) is 4.30. The van der Waals surface area contributed by atoms with E-state index in [0.717, 1.165) is 50.7 Å². The van der Waals surface area contributed by atoms with E-state index in [2.05, 4.69) is 5.32 Å². The summed E-state index contributed by atoms with van der Waals surface area (Å²) < 4.78 is 15.5. The van der Waals surface area contributed by atoms with Crippen LogP contribution in [0.1, 0.15) is 23.6 Å². The van der Waals surface area contributed by atoms with Crippen LogP contribution in [0.25, 0.3) is 17.0 Å². The van der Waals surface area contributed by atoms with E-state index in [-0.39, 0.29) is 11.4 Å². The number of nitrogens with one attached hydrogen (secondary N) is 1.